The van der Waals surface area contributed by atoms with E-state index in [9.17, 15) is 4.79 Å². The lowest BCUT2D eigenvalue weighted by atomic mass is 10.2. The van der Waals surface area contributed by atoms with Crippen molar-refractivity contribution in [3.05, 3.63) is 64.0 Å². The van der Waals surface area contributed by atoms with Gasteiger partial charge in [0, 0.05) is 5.56 Å². The summed E-state index contributed by atoms with van der Waals surface area (Å²) in [6, 6.07) is 13.1. The Balaban J connectivity index is 1.83. The number of aromatic carboxylic acids is 1. The number of hydrogen-bond acceptors (Lipinski definition) is 4. The summed E-state index contributed by atoms with van der Waals surface area (Å²) in [6.07, 6.45) is 1.72. The van der Waals surface area contributed by atoms with Crippen molar-refractivity contribution in [2.45, 2.75) is 0 Å². The Kier molecular flexibility index (Phi) is 3.82. The Morgan fingerprint density at radius 1 is 1.05 bits per heavy atom. The molecule has 0 radical (unpaired) electrons. The van der Waals surface area contributed by atoms with Crippen LogP contribution < -0.4 is 0 Å². The van der Waals surface area contributed by atoms with Crippen molar-refractivity contribution in [2.24, 2.45) is 0 Å². The van der Waals surface area contributed by atoms with Crippen LogP contribution in [0.2, 0.25) is 0 Å². The number of nitrogens with zero attached hydrogens (tertiary/aromatic N) is 1. The lowest BCUT2D eigenvalue weighted by Crippen LogP contribution is -1.89. The van der Waals surface area contributed by atoms with Crippen molar-refractivity contribution < 1.29 is 9.90 Å². The summed E-state index contributed by atoms with van der Waals surface area (Å²) in [6.45, 7) is 0. The third-order valence-corrected chi connectivity index (χ3v) is 4.79. The quantitative estimate of drug-likeness (QED) is 0.729. The molecule has 0 atom stereocenters. The Bertz CT molecular complexity index is 838. The van der Waals surface area contributed by atoms with Gasteiger partial charge in [-0.1, -0.05) is 24.1 Å². The smallest absolute Gasteiger partial charge is 0.345 e. The van der Waals surface area contributed by atoms with Crippen molar-refractivity contribution in [3.63, 3.8) is 0 Å². The normalized spacial score (nSPS) is 9.90. The molecule has 0 unspecified atom stereocenters. The summed E-state index contributed by atoms with van der Waals surface area (Å²) < 4.78 is 0. The van der Waals surface area contributed by atoms with Crippen LogP contribution in [-0.4, -0.2) is 16.1 Å². The van der Waals surface area contributed by atoms with Gasteiger partial charge in [0.05, 0.1) is 16.0 Å². The van der Waals surface area contributed by atoms with Crippen LogP contribution in [0.1, 0.15) is 20.1 Å². The van der Waals surface area contributed by atoms with Gasteiger partial charge in [0.25, 0.3) is 0 Å². The van der Waals surface area contributed by atoms with E-state index < -0.39 is 5.97 Å². The Labute approximate surface area is 129 Å². The summed E-state index contributed by atoms with van der Waals surface area (Å²) in [5.74, 6) is 5.24. The van der Waals surface area contributed by atoms with E-state index in [1.165, 1.54) is 22.7 Å². The molecule has 5 heteroatoms. The molecule has 0 spiro atoms. The van der Waals surface area contributed by atoms with Crippen molar-refractivity contribution >= 4 is 28.6 Å². The van der Waals surface area contributed by atoms with E-state index in [-0.39, 0.29) is 0 Å². The molecule has 102 valence electrons. The fourth-order valence-corrected chi connectivity index (χ4v) is 3.35. The van der Waals surface area contributed by atoms with Gasteiger partial charge >= 0.3 is 5.97 Å². The zero-order valence-electron chi connectivity index (χ0n) is 10.7. The molecule has 0 aliphatic carbocycles. The van der Waals surface area contributed by atoms with Crippen molar-refractivity contribution in [3.8, 4) is 21.7 Å². The van der Waals surface area contributed by atoms with Gasteiger partial charge in [-0.25, -0.2) is 9.78 Å². The molecule has 0 aliphatic rings. The largest absolute Gasteiger partial charge is 0.477 e. The molecule has 0 amide bonds. The molecule has 2 heterocycles. The van der Waals surface area contributed by atoms with E-state index in [1.807, 2.05) is 30.3 Å². The molecule has 0 bridgehead atoms. The van der Waals surface area contributed by atoms with Gasteiger partial charge in [-0.15, -0.1) is 22.7 Å². The third-order valence-electron chi connectivity index (χ3n) is 2.64. The number of hydrogen-bond donors (Lipinski definition) is 1. The maximum Gasteiger partial charge on any atom is 0.345 e. The van der Waals surface area contributed by atoms with Gasteiger partial charge in [0.1, 0.15) is 9.88 Å². The molecule has 1 N–H and O–H groups in total. The first-order valence-electron chi connectivity index (χ1n) is 6.09. The first-order valence-corrected chi connectivity index (χ1v) is 7.72. The van der Waals surface area contributed by atoms with Gasteiger partial charge in [-0.05, 0) is 30.2 Å². The molecule has 2 aromatic heterocycles. The topological polar surface area (TPSA) is 50.2 Å². The van der Waals surface area contributed by atoms with Gasteiger partial charge in [-0.2, -0.15) is 0 Å². The monoisotopic (exact) mass is 311 g/mol. The lowest BCUT2D eigenvalue weighted by molar-refractivity contribution is 0.0702. The van der Waals surface area contributed by atoms with Crippen molar-refractivity contribution in [1.29, 1.82) is 0 Å². The maximum absolute atomic E-state index is 10.9. The molecule has 3 aromatic rings. The number of benzene rings is 1. The minimum atomic E-state index is -0.910. The van der Waals surface area contributed by atoms with Crippen LogP contribution >= 0.6 is 22.7 Å². The average Bonchev–Trinajstić information content (AvgIpc) is 3.15. The predicted molar refractivity (Wildman–Crippen MR) is 84.8 cm³/mol. The minimum absolute atomic E-state index is 0.317. The standard InChI is InChI=1S/C16H9NO2S2/c18-16(19)14-9-8-13(21-14)15-17-10-12(20-15)7-6-11-4-2-1-3-5-11/h1-5,8-10H,(H,18,19). The molecule has 0 saturated heterocycles. The summed E-state index contributed by atoms with van der Waals surface area (Å²) in [7, 11) is 0. The molecule has 3 nitrogen and oxygen atoms in total. The van der Waals surface area contributed by atoms with E-state index in [0.717, 1.165) is 20.3 Å². The summed E-state index contributed by atoms with van der Waals surface area (Å²) in [4.78, 5) is 17.2. The van der Waals surface area contributed by atoms with Crippen LogP contribution in [0.25, 0.3) is 9.88 Å². The average molecular weight is 311 g/mol. The zero-order chi connectivity index (χ0) is 14.7. The van der Waals surface area contributed by atoms with Crippen LogP contribution in [-0.2, 0) is 0 Å². The molecule has 1 aromatic carbocycles. The predicted octanol–water partition coefficient (Wildman–Crippen LogP) is 3.97. The van der Waals surface area contributed by atoms with Gasteiger partial charge in [-0.3, -0.25) is 0 Å². The van der Waals surface area contributed by atoms with E-state index >= 15 is 0 Å². The first-order chi connectivity index (χ1) is 10.2. The van der Waals surface area contributed by atoms with Crippen LogP contribution in [0.15, 0.2) is 48.7 Å². The number of aromatic nitrogens is 1. The van der Waals surface area contributed by atoms with Gasteiger partial charge in [0.2, 0.25) is 0 Å². The maximum atomic E-state index is 10.9. The number of carboxylic acids is 1. The van der Waals surface area contributed by atoms with Crippen molar-refractivity contribution in [2.75, 3.05) is 0 Å². The molecule has 3 rings (SSSR count). The summed E-state index contributed by atoms with van der Waals surface area (Å²) >= 11 is 2.69. The number of carbonyl (C=O) groups is 1. The highest BCUT2D eigenvalue weighted by molar-refractivity contribution is 7.22. The van der Waals surface area contributed by atoms with Gasteiger partial charge in [0.15, 0.2) is 0 Å². The van der Waals surface area contributed by atoms with Crippen LogP contribution in [0, 0.1) is 11.8 Å². The zero-order valence-corrected chi connectivity index (χ0v) is 12.4. The number of thiophene rings is 1. The Morgan fingerprint density at radius 3 is 2.57 bits per heavy atom. The molecular weight excluding hydrogens is 302 g/mol. The SMILES string of the molecule is O=C(O)c1ccc(-c2ncc(C#Cc3ccccc3)s2)s1. The van der Waals surface area contributed by atoms with Crippen LogP contribution in [0.4, 0.5) is 0 Å². The second-order valence-electron chi connectivity index (χ2n) is 4.11. The molecule has 0 aliphatic heterocycles. The second kappa shape index (κ2) is 5.92. The molecule has 21 heavy (non-hydrogen) atoms. The molecular formula is C16H9NO2S2. The number of thiazole rings is 1. The highest BCUT2D eigenvalue weighted by Gasteiger charge is 2.10. The lowest BCUT2D eigenvalue weighted by Gasteiger charge is -1.87. The van der Waals surface area contributed by atoms with E-state index in [1.54, 1.807) is 18.3 Å². The fraction of sp³-hybridized carbons (Fsp3) is 0. The Hall–Kier alpha value is -2.42. The van der Waals surface area contributed by atoms with E-state index in [0.29, 0.717) is 4.88 Å². The van der Waals surface area contributed by atoms with Gasteiger partial charge < -0.3 is 5.11 Å². The second-order valence-corrected chi connectivity index (χ2v) is 6.23. The Morgan fingerprint density at radius 2 is 1.86 bits per heavy atom. The van der Waals surface area contributed by atoms with Crippen LogP contribution in [0.3, 0.4) is 0 Å². The summed E-state index contributed by atoms with van der Waals surface area (Å²) in [5.41, 5.74) is 0.955. The number of rotatable bonds is 2. The van der Waals surface area contributed by atoms with E-state index in [2.05, 4.69) is 16.8 Å². The molecule has 0 fully saturated rings. The van der Waals surface area contributed by atoms with E-state index in [4.69, 9.17) is 5.11 Å². The summed E-state index contributed by atoms with van der Waals surface area (Å²) in [5, 5.41) is 9.73. The first kappa shape index (κ1) is 13.6. The molecule has 0 saturated carbocycles. The third kappa shape index (κ3) is 3.19. The fourth-order valence-electron chi connectivity index (χ4n) is 1.67. The minimum Gasteiger partial charge on any atom is -0.477 e. The highest BCUT2D eigenvalue weighted by atomic mass is 32.1. The highest BCUT2D eigenvalue weighted by Crippen LogP contribution is 2.31. The number of carboxylic acid groups (broad SMARTS) is 1. The van der Waals surface area contributed by atoms with Crippen LogP contribution in [0.5, 0.6) is 0 Å². The van der Waals surface area contributed by atoms with Crippen molar-refractivity contribution in [1.82, 2.24) is 4.98 Å².